The fraction of sp³-hybridized carbons (Fsp3) is 0.875. The summed E-state index contributed by atoms with van der Waals surface area (Å²) in [5.41, 5.74) is 0. The average Bonchev–Trinajstić information content (AvgIpc) is 2.68. The standard InChI is InChI=1S/C8H12N/c1-3-7-4-2-6(1)8-5-9(7)8/h1,6-8H,2-5H2. The fourth-order valence-corrected chi connectivity index (χ4v) is 2.57. The number of piperidine rings is 2. The van der Waals surface area contributed by atoms with Crippen molar-refractivity contribution in [1.29, 1.82) is 0 Å². The third kappa shape index (κ3) is 0.493. The van der Waals surface area contributed by atoms with Gasteiger partial charge in [-0.2, -0.15) is 0 Å². The first-order chi connectivity index (χ1) is 4.45. The molecule has 49 valence electrons. The molecular weight excluding hydrogens is 110 g/mol. The first kappa shape index (κ1) is 4.73. The maximum Gasteiger partial charge on any atom is 0.0257 e. The molecule has 1 radical (unpaired) electrons. The molecule has 0 amide bonds. The summed E-state index contributed by atoms with van der Waals surface area (Å²) >= 11 is 0. The highest BCUT2D eigenvalue weighted by atomic mass is 15.3. The summed E-state index contributed by atoms with van der Waals surface area (Å²) in [6, 6.07) is 1.98. The molecule has 1 saturated carbocycles. The zero-order chi connectivity index (χ0) is 5.84. The molecule has 4 unspecified atom stereocenters. The lowest BCUT2D eigenvalue weighted by Gasteiger charge is -2.35. The lowest BCUT2D eigenvalue weighted by Crippen LogP contribution is -2.36. The predicted molar refractivity (Wildman–Crippen MR) is 35.9 cm³/mol. The summed E-state index contributed by atoms with van der Waals surface area (Å²) < 4.78 is 0. The van der Waals surface area contributed by atoms with Crippen LogP contribution in [0.1, 0.15) is 19.3 Å². The topological polar surface area (TPSA) is 3.01 Å². The predicted octanol–water partition coefficient (Wildman–Crippen LogP) is 1.06. The van der Waals surface area contributed by atoms with E-state index < -0.39 is 0 Å². The largest absolute Gasteiger partial charge is 0.294 e. The van der Waals surface area contributed by atoms with Gasteiger partial charge in [0.15, 0.2) is 0 Å². The zero-order valence-electron chi connectivity index (χ0n) is 5.59. The van der Waals surface area contributed by atoms with Crippen LogP contribution in [0, 0.1) is 12.3 Å². The third-order valence-corrected chi connectivity index (χ3v) is 3.20. The van der Waals surface area contributed by atoms with Crippen LogP contribution in [0.25, 0.3) is 0 Å². The van der Waals surface area contributed by atoms with Crippen molar-refractivity contribution < 1.29 is 0 Å². The second kappa shape index (κ2) is 1.34. The van der Waals surface area contributed by atoms with Crippen LogP contribution in [0.3, 0.4) is 0 Å². The second-order valence-electron chi connectivity index (χ2n) is 3.63. The van der Waals surface area contributed by atoms with Gasteiger partial charge in [0.2, 0.25) is 0 Å². The van der Waals surface area contributed by atoms with Gasteiger partial charge >= 0.3 is 0 Å². The summed E-state index contributed by atoms with van der Waals surface area (Å²) in [6.45, 7) is 1.42. The van der Waals surface area contributed by atoms with Gasteiger partial charge in [0.1, 0.15) is 0 Å². The molecule has 2 bridgehead atoms. The van der Waals surface area contributed by atoms with Gasteiger partial charge in [0.05, 0.1) is 0 Å². The molecule has 4 rings (SSSR count). The van der Waals surface area contributed by atoms with Gasteiger partial charge in [-0.1, -0.05) is 0 Å². The van der Waals surface area contributed by atoms with Crippen molar-refractivity contribution >= 4 is 0 Å². The highest BCUT2D eigenvalue weighted by molar-refractivity contribution is 5.12. The average molecular weight is 122 g/mol. The van der Waals surface area contributed by atoms with Crippen LogP contribution in [0.5, 0.6) is 0 Å². The number of nitrogens with zero attached hydrogens (tertiary/aromatic N) is 1. The Bertz CT molecular complexity index is 120. The molecule has 0 spiro atoms. The smallest absolute Gasteiger partial charge is 0.0257 e. The van der Waals surface area contributed by atoms with Gasteiger partial charge in [-0.05, 0) is 31.6 Å². The number of hydrogen-bond donors (Lipinski definition) is 0. The van der Waals surface area contributed by atoms with Gasteiger partial charge in [-0.3, -0.25) is 4.90 Å². The van der Waals surface area contributed by atoms with Crippen molar-refractivity contribution in [3.05, 3.63) is 6.42 Å². The molecule has 0 aromatic heterocycles. The van der Waals surface area contributed by atoms with Crippen LogP contribution >= 0.6 is 0 Å². The van der Waals surface area contributed by atoms with Crippen molar-refractivity contribution in [1.82, 2.24) is 4.90 Å². The molecule has 0 N–H and O–H groups in total. The van der Waals surface area contributed by atoms with Gasteiger partial charge in [0, 0.05) is 18.6 Å². The van der Waals surface area contributed by atoms with Crippen molar-refractivity contribution in [3.8, 4) is 0 Å². The minimum atomic E-state index is 0.972. The van der Waals surface area contributed by atoms with Crippen LogP contribution in [0.2, 0.25) is 0 Å². The van der Waals surface area contributed by atoms with Crippen molar-refractivity contribution in [2.24, 2.45) is 5.92 Å². The van der Waals surface area contributed by atoms with Gasteiger partial charge in [-0.25, -0.2) is 0 Å². The van der Waals surface area contributed by atoms with E-state index in [0.717, 1.165) is 18.0 Å². The molecular formula is C8H12N. The zero-order valence-corrected chi connectivity index (χ0v) is 5.59. The Labute approximate surface area is 56.0 Å². The van der Waals surface area contributed by atoms with Crippen LogP contribution in [-0.2, 0) is 0 Å². The maximum atomic E-state index is 2.67. The van der Waals surface area contributed by atoms with Crippen LogP contribution < -0.4 is 0 Å². The van der Waals surface area contributed by atoms with E-state index >= 15 is 0 Å². The SMILES string of the molecule is [CH]1CC2CCC1C1CN21. The van der Waals surface area contributed by atoms with Gasteiger partial charge in [0.25, 0.3) is 0 Å². The molecule has 4 fully saturated rings. The van der Waals surface area contributed by atoms with Crippen LogP contribution in [0.4, 0.5) is 0 Å². The van der Waals surface area contributed by atoms with Crippen molar-refractivity contribution in [2.45, 2.75) is 31.3 Å². The summed E-state index contributed by atoms with van der Waals surface area (Å²) in [5.74, 6) is 0.995. The maximum absolute atomic E-state index is 2.67. The molecule has 1 heteroatoms. The van der Waals surface area contributed by atoms with E-state index in [0.29, 0.717) is 0 Å². The Balaban J connectivity index is 1.93. The van der Waals surface area contributed by atoms with E-state index in [-0.39, 0.29) is 0 Å². The van der Waals surface area contributed by atoms with E-state index in [1.54, 1.807) is 0 Å². The molecule has 4 aliphatic rings. The van der Waals surface area contributed by atoms with Gasteiger partial charge in [-0.15, -0.1) is 0 Å². The highest BCUT2D eigenvalue weighted by Gasteiger charge is 2.51. The lowest BCUT2D eigenvalue weighted by molar-refractivity contribution is 0.199. The quantitative estimate of drug-likeness (QED) is 0.434. The Morgan fingerprint density at radius 2 is 2.33 bits per heavy atom. The molecule has 3 heterocycles. The lowest BCUT2D eigenvalue weighted by atomic mass is 9.81. The molecule has 0 aromatic rings. The first-order valence-electron chi connectivity index (χ1n) is 4.04. The molecule has 3 aliphatic heterocycles. The molecule has 1 aliphatic carbocycles. The minimum absolute atomic E-state index is 0.972. The summed E-state index contributed by atoms with van der Waals surface area (Å²) in [7, 11) is 0. The molecule has 0 aromatic carbocycles. The number of fused-ring (bicyclic) bond motifs is 2. The van der Waals surface area contributed by atoms with Gasteiger partial charge < -0.3 is 0 Å². The summed E-state index contributed by atoms with van der Waals surface area (Å²) in [6.07, 6.45) is 6.92. The number of rotatable bonds is 0. The van der Waals surface area contributed by atoms with E-state index in [1.807, 2.05) is 0 Å². The van der Waals surface area contributed by atoms with E-state index in [2.05, 4.69) is 11.3 Å². The number of hydrogen-bond acceptors (Lipinski definition) is 1. The molecule has 4 atom stereocenters. The van der Waals surface area contributed by atoms with E-state index in [4.69, 9.17) is 0 Å². The Morgan fingerprint density at radius 3 is 2.78 bits per heavy atom. The Hall–Kier alpha value is -0.0400. The van der Waals surface area contributed by atoms with E-state index in [9.17, 15) is 0 Å². The minimum Gasteiger partial charge on any atom is -0.294 e. The van der Waals surface area contributed by atoms with Crippen molar-refractivity contribution in [2.75, 3.05) is 6.54 Å². The molecule has 3 saturated heterocycles. The van der Waals surface area contributed by atoms with Crippen molar-refractivity contribution in [3.63, 3.8) is 0 Å². The molecule has 1 nitrogen and oxygen atoms in total. The molecule has 9 heavy (non-hydrogen) atoms. The van der Waals surface area contributed by atoms with Crippen LogP contribution in [0.15, 0.2) is 0 Å². The summed E-state index contributed by atoms with van der Waals surface area (Å²) in [4.78, 5) is 2.67. The van der Waals surface area contributed by atoms with Crippen LogP contribution in [-0.4, -0.2) is 23.5 Å². The Morgan fingerprint density at radius 1 is 1.33 bits per heavy atom. The first-order valence-corrected chi connectivity index (χ1v) is 4.04. The normalized spacial score (nSPS) is 61.3. The summed E-state index contributed by atoms with van der Waals surface area (Å²) in [5, 5.41) is 0. The Kier molecular flexibility index (Phi) is 0.704. The monoisotopic (exact) mass is 122 g/mol. The highest BCUT2D eigenvalue weighted by Crippen LogP contribution is 2.46. The third-order valence-electron chi connectivity index (χ3n) is 3.20. The fourth-order valence-electron chi connectivity index (χ4n) is 2.57. The second-order valence-corrected chi connectivity index (χ2v) is 3.63. The van der Waals surface area contributed by atoms with E-state index in [1.165, 1.54) is 25.8 Å².